The Morgan fingerprint density at radius 3 is 2.83 bits per heavy atom. The molecule has 0 atom stereocenters. The van der Waals surface area contributed by atoms with Crippen LogP contribution in [-0.4, -0.2) is 25.7 Å². The third-order valence-corrected chi connectivity index (χ3v) is 4.18. The lowest BCUT2D eigenvalue weighted by Gasteiger charge is -2.07. The van der Waals surface area contributed by atoms with E-state index in [2.05, 4.69) is 20.4 Å². The molecule has 1 amide bonds. The SMILES string of the molecule is Cc1c(C(=O)Nc2cc(-c3cccnc3)ccn2)cnn1C1CC1. The van der Waals surface area contributed by atoms with Crippen molar-refractivity contribution < 1.29 is 4.79 Å². The van der Waals surface area contributed by atoms with E-state index in [1.54, 1.807) is 24.8 Å². The molecule has 1 aliphatic carbocycles. The highest BCUT2D eigenvalue weighted by molar-refractivity contribution is 6.04. The first-order valence-corrected chi connectivity index (χ1v) is 7.94. The van der Waals surface area contributed by atoms with Crippen LogP contribution in [-0.2, 0) is 0 Å². The van der Waals surface area contributed by atoms with Crippen molar-refractivity contribution in [3.63, 3.8) is 0 Å². The predicted molar refractivity (Wildman–Crippen MR) is 90.7 cm³/mol. The topological polar surface area (TPSA) is 72.7 Å². The molecule has 24 heavy (non-hydrogen) atoms. The standard InChI is InChI=1S/C18H17N5O/c1-12-16(11-21-23(12)15-4-5-15)18(24)22-17-9-13(6-8-20-17)14-3-2-7-19-10-14/h2-3,6-11,15H,4-5H2,1H3,(H,20,22,24). The fourth-order valence-electron chi connectivity index (χ4n) is 2.73. The van der Waals surface area contributed by atoms with Crippen LogP contribution in [0, 0.1) is 6.92 Å². The molecule has 1 saturated carbocycles. The van der Waals surface area contributed by atoms with Gasteiger partial charge in [-0.15, -0.1) is 0 Å². The lowest BCUT2D eigenvalue weighted by atomic mass is 10.1. The number of amides is 1. The first-order valence-electron chi connectivity index (χ1n) is 7.94. The number of carbonyl (C=O) groups is 1. The first-order chi connectivity index (χ1) is 11.7. The second-order valence-electron chi connectivity index (χ2n) is 5.94. The summed E-state index contributed by atoms with van der Waals surface area (Å²) in [7, 11) is 0. The third kappa shape index (κ3) is 2.78. The molecule has 3 heterocycles. The molecular formula is C18H17N5O. The van der Waals surface area contributed by atoms with E-state index in [-0.39, 0.29) is 5.91 Å². The molecule has 6 nitrogen and oxygen atoms in total. The molecule has 120 valence electrons. The van der Waals surface area contributed by atoms with E-state index in [9.17, 15) is 4.79 Å². The molecule has 4 rings (SSSR count). The quantitative estimate of drug-likeness (QED) is 0.801. The molecule has 0 aromatic carbocycles. The van der Waals surface area contributed by atoms with E-state index < -0.39 is 0 Å². The molecule has 3 aromatic rings. The Labute approximate surface area is 139 Å². The Hall–Kier alpha value is -3.02. The highest BCUT2D eigenvalue weighted by atomic mass is 16.1. The van der Waals surface area contributed by atoms with Gasteiger partial charge < -0.3 is 5.32 Å². The van der Waals surface area contributed by atoms with Gasteiger partial charge in [-0.05, 0) is 43.5 Å². The summed E-state index contributed by atoms with van der Waals surface area (Å²) in [5.41, 5.74) is 3.43. The van der Waals surface area contributed by atoms with Gasteiger partial charge in [-0.2, -0.15) is 5.10 Å². The highest BCUT2D eigenvalue weighted by Crippen LogP contribution is 2.35. The normalized spacial score (nSPS) is 13.7. The Balaban J connectivity index is 1.56. The van der Waals surface area contributed by atoms with Gasteiger partial charge in [0.25, 0.3) is 5.91 Å². The number of rotatable bonds is 4. The first kappa shape index (κ1) is 14.6. The fraction of sp³-hybridized carbons (Fsp3) is 0.222. The van der Waals surface area contributed by atoms with E-state index in [0.29, 0.717) is 17.4 Å². The van der Waals surface area contributed by atoms with Crippen LogP contribution in [0.2, 0.25) is 0 Å². The molecule has 6 heteroatoms. The number of aromatic nitrogens is 4. The van der Waals surface area contributed by atoms with Gasteiger partial charge in [0.2, 0.25) is 0 Å². The van der Waals surface area contributed by atoms with Crippen molar-refractivity contribution >= 4 is 11.7 Å². The van der Waals surface area contributed by atoms with Crippen LogP contribution in [0.25, 0.3) is 11.1 Å². The van der Waals surface area contributed by atoms with Crippen LogP contribution < -0.4 is 5.32 Å². The lowest BCUT2D eigenvalue weighted by molar-refractivity contribution is 0.102. The second kappa shape index (κ2) is 5.88. The number of pyridine rings is 2. The smallest absolute Gasteiger partial charge is 0.260 e. The Morgan fingerprint density at radius 1 is 1.21 bits per heavy atom. The minimum absolute atomic E-state index is 0.185. The van der Waals surface area contributed by atoms with E-state index in [4.69, 9.17) is 0 Å². The van der Waals surface area contributed by atoms with Crippen LogP contribution in [0.5, 0.6) is 0 Å². The van der Waals surface area contributed by atoms with Crippen LogP contribution in [0.1, 0.15) is 34.9 Å². The van der Waals surface area contributed by atoms with Crippen molar-refractivity contribution in [2.24, 2.45) is 0 Å². The molecular weight excluding hydrogens is 302 g/mol. The Kier molecular flexibility index (Phi) is 3.57. The van der Waals surface area contributed by atoms with Crippen molar-refractivity contribution in [1.82, 2.24) is 19.7 Å². The van der Waals surface area contributed by atoms with Crippen molar-refractivity contribution in [3.05, 3.63) is 60.3 Å². The van der Waals surface area contributed by atoms with Crippen LogP contribution in [0.4, 0.5) is 5.82 Å². The van der Waals surface area contributed by atoms with Crippen molar-refractivity contribution in [3.8, 4) is 11.1 Å². The summed E-state index contributed by atoms with van der Waals surface area (Å²) >= 11 is 0. The largest absolute Gasteiger partial charge is 0.306 e. The van der Waals surface area contributed by atoms with Gasteiger partial charge in [-0.25, -0.2) is 4.98 Å². The Bertz CT molecular complexity index is 883. The van der Waals surface area contributed by atoms with Gasteiger partial charge >= 0.3 is 0 Å². The van der Waals surface area contributed by atoms with E-state index in [1.165, 1.54) is 0 Å². The summed E-state index contributed by atoms with van der Waals surface area (Å²) in [6.07, 6.45) is 9.10. The summed E-state index contributed by atoms with van der Waals surface area (Å²) < 4.78 is 1.94. The van der Waals surface area contributed by atoms with Crippen LogP contribution >= 0.6 is 0 Å². The lowest BCUT2D eigenvalue weighted by Crippen LogP contribution is -2.14. The average Bonchev–Trinajstić information content (AvgIpc) is 3.38. The maximum absolute atomic E-state index is 12.5. The zero-order valence-corrected chi connectivity index (χ0v) is 13.3. The number of hydrogen-bond donors (Lipinski definition) is 1. The maximum atomic E-state index is 12.5. The maximum Gasteiger partial charge on any atom is 0.260 e. The van der Waals surface area contributed by atoms with E-state index in [1.807, 2.05) is 35.9 Å². The summed E-state index contributed by atoms with van der Waals surface area (Å²) in [5.74, 6) is 0.329. The number of carbonyl (C=O) groups excluding carboxylic acids is 1. The minimum Gasteiger partial charge on any atom is -0.306 e. The van der Waals surface area contributed by atoms with Crippen LogP contribution in [0.15, 0.2) is 49.1 Å². The van der Waals surface area contributed by atoms with Gasteiger partial charge in [0, 0.05) is 29.8 Å². The number of hydrogen-bond acceptors (Lipinski definition) is 4. The third-order valence-electron chi connectivity index (χ3n) is 4.18. The molecule has 3 aromatic heterocycles. The molecule has 0 radical (unpaired) electrons. The van der Waals surface area contributed by atoms with Gasteiger partial charge in [-0.1, -0.05) is 6.07 Å². The molecule has 1 N–H and O–H groups in total. The summed E-state index contributed by atoms with van der Waals surface area (Å²) in [6.45, 7) is 1.93. The Morgan fingerprint density at radius 2 is 2.08 bits per heavy atom. The zero-order chi connectivity index (χ0) is 16.5. The van der Waals surface area contributed by atoms with Gasteiger partial charge in [-0.3, -0.25) is 14.5 Å². The molecule has 0 bridgehead atoms. The molecule has 0 spiro atoms. The summed E-state index contributed by atoms with van der Waals surface area (Å²) in [5, 5.41) is 7.19. The van der Waals surface area contributed by atoms with E-state index in [0.717, 1.165) is 29.7 Å². The van der Waals surface area contributed by atoms with Crippen LogP contribution in [0.3, 0.4) is 0 Å². The fourth-order valence-corrected chi connectivity index (χ4v) is 2.73. The van der Waals surface area contributed by atoms with E-state index >= 15 is 0 Å². The van der Waals surface area contributed by atoms with Gasteiger partial charge in [0.05, 0.1) is 17.8 Å². The molecule has 0 aliphatic heterocycles. The monoisotopic (exact) mass is 319 g/mol. The van der Waals surface area contributed by atoms with Crippen molar-refractivity contribution in [2.75, 3.05) is 5.32 Å². The number of anilines is 1. The molecule has 1 fully saturated rings. The summed E-state index contributed by atoms with van der Waals surface area (Å²) in [6, 6.07) is 8.04. The average molecular weight is 319 g/mol. The number of nitrogens with zero attached hydrogens (tertiary/aromatic N) is 4. The second-order valence-corrected chi connectivity index (χ2v) is 5.94. The van der Waals surface area contributed by atoms with Crippen molar-refractivity contribution in [1.29, 1.82) is 0 Å². The molecule has 0 unspecified atom stereocenters. The van der Waals surface area contributed by atoms with Crippen molar-refractivity contribution in [2.45, 2.75) is 25.8 Å². The van der Waals surface area contributed by atoms with Gasteiger partial charge in [0.1, 0.15) is 5.82 Å². The zero-order valence-electron chi connectivity index (χ0n) is 13.3. The minimum atomic E-state index is -0.185. The molecule has 1 aliphatic rings. The highest BCUT2D eigenvalue weighted by Gasteiger charge is 2.27. The molecule has 0 saturated heterocycles. The summed E-state index contributed by atoms with van der Waals surface area (Å²) in [4.78, 5) is 20.9. The number of nitrogens with one attached hydrogen (secondary N) is 1. The van der Waals surface area contributed by atoms with Gasteiger partial charge in [0.15, 0.2) is 0 Å². The predicted octanol–water partition coefficient (Wildman–Crippen LogP) is 3.24.